The molecular formula is C12H12O2. The van der Waals surface area contributed by atoms with Crippen LogP contribution in [0.1, 0.15) is 15.9 Å². The molecule has 1 rings (SSSR count). The number of carbonyl (C=O) groups excluding carboxylic acids is 1. The van der Waals surface area contributed by atoms with E-state index in [4.69, 9.17) is 4.74 Å². The number of carbonyl (C=O) groups is 1. The second-order valence-corrected chi connectivity index (χ2v) is 2.71. The molecule has 0 fully saturated rings. The van der Waals surface area contributed by atoms with Crippen molar-refractivity contribution in [2.24, 2.45) is 0 Å². The first-order valence-corrected chi connectivity index (χ1v) is 4.28. The molecule has 0 aliphatic carbocycles. The number of rotatable bonds is 4. The van der Waals surface area contributed by atoms with Gasteiger partial charge >= 0.3 is 5.97 Å². The molecule has 0 unspecified atom stereocenters. The van der Waals surface area contributed by atoms with Crippen molar-refractivity contribution in [1.29, 1.82) is 0 Å². The molecule has 0 N–H and O–H groups in total. The van der Waals surface area contributed by atoms with Crippen LogP contribution in [0.25, 0.3) is 6.08 Å². The van der Waals surface area contributed by atoms with Gasteiger partial charge in [-0.15, -0.1) is 0 Å². The van der Waals surface area contributed by atoms with E-state index in [1.807, 2.05) is 12.1 Å². The van der Waals surface area contributed by atoms with E-state index in [2.05, 4.69) is 13.2 Å². The molecule has 0 radical (unpaired) electrons. The van der Waals surface area contributed by atoms with E-state index < -0.39 is 0 Å². The van der Waals surface area contributed by atoms with Crippen LogP contribution < -0.4 is 0 Å². The molecule has 0 saturated heterocycles. The lowest BCUT2D eigenvalue weighted by Gasteiger charge is -2.01. The molecule has 14 heavy (non-hydrogen) atoms. The summed E-state index contributed by atoms with van der Waals surface area (Å²) >= 11 is 0. The number of ether oxygens (including phenoxy) is 1. The van der Waals surface area contributed by atoms with Gasteiger partial charge in [0.15, 0.2) is 0 Å². The van der Waals surface area contributed by atoms with Gasteiger partial charge in [0, 0.05) is 0 Å². The zero-order valence-electron chi connectivity index (χ0n) is 7.90. The van der Waals surface area contributed by atoms with E-state index in [1.54, 1.807) is 18.2 Å². The predicted molar refractivity (Wildman–Crippen MR) is 57.0 cm³/mol. The highest BCUT2D eigenvalue weighted by atomic mass is 16.5. The van der Waals surface area contributed by atoms with Crippen LogP contribution in [0.2, 0.25) is 0 Å². The highest BCUT2D eigenvalue weighted by Crippen LogP contribution is 2.06. The zero-order valence-corrected chi connectivity index (χ0v) is 7.90. The fourth-order valence-electron chi connectivity index (χ4n) is 0.973. The highest BCUT2D eigenvalue weighted by molar-refractivity contribution is 5.89. The third-order valence-electron chi connectivity index (χ3n) is 1.71. The summed E-state index contributed by atoms with van der Waals surface area (Å²) < 4.78 is 4.87. The van der Waals surface area contributed by atoms with Gasteiger partial charge in [0.05, 0.1) is 5.56 Å². The average Bonchev–Trinajstić information content (AvgIpc) is 2.26. The molecule has 0 bridgehead atoms. The van der Waals surface area contributed by atoms with Crippen LogP contribution in [0.3, 0.4) is 0 Å². The maximum atomic E-state index is 11.3. The van der Waals surface area contributed by atoms with Crippen LogP contribution in [0.15, 0.2) is 43.5 Å². The Morgan fingerprint density at radius 1 is 1.29 bits per heavy atom. The van der Waals surface area contributed by atoms with Crippen LogP contribution in [-0.2, 0) is 4.74 Å². The van der Waals surface area contributed by atoms with Crippen LogP contribution >= 0.6 is 0 Å². The van der Waals surface area contributed by atoms with Crippen molar-refractivity contribution >= 4 is 12.0 Å². The highest BCUT2D eigenvalue weighted by Gasteiger charge is 2.04. The van der Waals surface area contributed by atoms with Crippen molar-refractivity contribution in [3.63, 3.8) is 0 Å². The number of esters is 1. The van der Waals surface area contributed by atoms with Crippen LogP contribution in [0.5, 0.6) is 0 Å². The summed E-state index contributed by atoms with van der Waals surface area (Å²) in [6.07, 6.45) is 3.26. The first kappa shape index (κ1) is 10.3. The van der Waals surface area contributed by atoms with Gasteiger partial charge in [-0.3, -0.25) is 0 Å². The Balaban J connectivity index is 2.71. The fraction of sp³-hybridized carbons (Fsp3) is 0.0833. The first-order chi connectivity index (χ1) is 6.77. The molecule has 1 aromatic carbocycles. The van der Waals surface area contributed by atoms with Crippen molar-refractivity contribution in [1.82, 2.24) is 0 Å². The smallest absolute Gasteiger partial charge is 0.338 e. The summed E-state index contributed by atoms with van der Waals surface area (Å²) in [7, 11) is 0. The van der Waals surface area contributed by atoms with Gasteiger partial charge in [-0.2, -0.15) is 0 Å². The topological polar surface area (TPSA) is 26.3 Å². The van der Waals surface area contributed by atoms with Crippen molar-refractivity contribution in [3.05, 3.63) is 54.6 Å². The average molecular weight is 188 g/mol. The molecular weight excluding hydrogens is 176 g/mol. The van der Waals surface area contributed by atoms with Gasteiger partial charge in [0.1, 0.15) is 6.61 Å². The Kier molecular flexibility index (Phi) is 3.68. The third kappa shape index (κ3) is 2.59. The quantitative estimate of drug-likeness (QED) is 0.536. The minimum absolute atomic E-state index is 0.238. The van der Waals surface area contributed by atoms with Gasteiger partial charge in [-0.25, -0.2) is 4.79 Å². The number of benzene rings is 1. The molecule has 72 valence electrons. The molecule has 1 aromatic rings. The lowest BCUT2D eigenvalue weighted by molar-refractivity contribution is 0.0550. The van der Waals surface area contributed by atoms with Crippen LogP contribution in [0.4, 0.5) is 0 Å². The van der Waals surface area contributed by atoms with Crippen molar-refractivity contribution < 1.29 is 9.53 Å². The van der Waals surface area contributed by atoms with E-state index >= 15 is 0 Å². The van der Waals surface area contributed by atoms with Crippen LogP contribution in [0, 0.1) is 0 Å². The van der Waals surface area contributed by atoms with Crippen LogP contribution in [-0.4, -0.2) is 12.6 Å². The maximum Gasteiger partial charge on any atom is 0.338 e. The molecule has 0 aromatic heterocycles. The Labute approximate surface area is 83.5 Å². The van der Waals surface area contributed by atoms with Crippen molar-refractivity contribution in [2.45, 2.75) is 0 Å². The summed E-state index contributed by atoms with van der Waals surface area (Å²) in [5.74, 6) is -0.333. The van der Waals surface area contributed by atoms with E-state index in [0.29, 0.717) is 5.56 Å². The number of hydrogen-bond acceptors (Lipinski definition) is 2. The summed E-state index contributed by atoms with van der Waals surface area (Å²) in [6, 6.07) is 7.06. The summed E-state index contributed by atoms with van der Waals surface area (Å²) in [5.41, 5.74) is 1.52. The summed E-state index contributed by atoms with van der Waals surface area (Å²) in [4.78, 5) is 11.3. The van der Waals surface area contributed by atoms with Gasteiger partial charge in [0.2, 0.25) is 0 Å². The zero-order chi connectivity index (χ0) is 10.4. The molecule has 0 aliphatic rings. The SMILES string of the molecule is C=CCOC(=O)c1ccc(C=C)cc1. The standard InChI is InChI=1S/C12H12O2/c1-3-9-14-12(13)11-7-5-10(4-2)6-8-11/h3-8H,1-2,9H2. The van der Waals surface area contributed by atoms with Gasteiger partial charge in [-0.1, -0.05) is 37.4 Å². The van der Waals surface area contributed by atoms with E-state index in [9.17, 15) is 4.79 Å². The monoisotopic (exact) mass is 188 g/mol. The minimum atomic E-state index is -0.333. The maximum absolute atomic E-state index is 11.3. The molecule has 0 saturated carbocycles. The van der Waals surface area contributed by atoms with Crippen molar-refractivity contribution in [2.75, 3.05) is 6.61 Å². The Morgan fingerprint density at radius 2 is 1.93 bits per heavy atom. The predicted octanol–water partition coefficient (Wildman–Crippen LogP) is 2.67. The van der Waals surface area contributed by atoms with E-state index in [-0.39, 0.29) is 12.6 Å². The van der Waals surface area contributed by atoms with Crippen molar-refractivity contribution in [3.8, 4) is 0 Å². The van der Waals surface area contributed by atoms with E-state index in [1.165, 1.54) is 6.08 Å². The Morgan fingerprint density at radius 3 is 2.43 bits per heavy atom. The van der Waals surface area contributed by atoms with Gasteiger partial charge in [0.25, 0.3) is 0 Å². The second kappa shape index (κ2) is 5.02. The normalized spacial score (nSPS) is 9.14. The third-order valence-corrected chi connectivity index (χ3v) is 1.71. The Hall–Kier alpha value is -1.83. The lowest BCUT2D eigenvalue weighted by Crippen LogP contribution is -2.04. The molecule has 0 amide bonds. The first-order valence-electron chi connectivity index (χ1n) is 4.28. The molecule has 0 spiro atoms. The Bertz CT molecular complexity index is 336. The molecule has 2 nitrogen and oxygen atoms in total. The molecule has 0 atom stereocenters. The minimum Gasteiger partial charge on any atom is -0.458 e. The largest absolute Gasteiger partial charge is 0.458 e. The van der Waals surface area contributed by atoms with Gasteiger partial charge in [-0.05, 0) is 17.7 Å². The molecule has 2 heteroatoms. The number of hydrogen-bond donors (Lipinski definition) is 0. The summed E-state index contributed by atoms with van der Waals surface area (Å²) in [5, 5.41) is 0. The summed E-state index contributed by atoms with van der Waals surface area (Å²) in [6.45, 7) is 7.33. The van der Waals surface area contributed by atoms with E-state index in [0.717, 1.165) is 5.56 Å². The molecule has 0 aliphatic heterocycles. The van der Waals surface area contributed by atoms with Gasteiger partial charge < -0.3 is 4.74 Å². The second-order valence-electron chi connectivity index (χ2n) is 2.71. The fourth-order valence-corrected chi connectivity index (χ4v) is 0.973. The molecule has 0 heterocycles. The lowest BCUT2D eigenvalue weighted by atomic mass is 10.1.